The lowest BCUT2D eigenvalue weighted by Crippen LogP contribution is -2.45. The molecule has 0 bridgehead atoms. The molecule has 0 atom stereocenters. The molecule has 1 aliphatic rings. The summed E-state index contributed by atoms with van der Waals surface area (Å²) in [6.45, 7) is 6.30. The standard InChI is InChI=1S/C11H19ClN4O/c1-14-3-5-15(6-4-14)7-8-16-11(12)10(17-2)9-13-16/h9H,3-8H2,1-2H3. The van der Waals surface area contributed by atoms with E-state index in [1.807, 2.05) is 0 Å². The van der Waals surface area contributed by atoms with Crippen molar-refractivity contribution < 1.29 is 4.74 Å². The summed E-state index contributed by atoms with van der Waals surface area (Å²) < 4.78 is 6.89. The fourth-order valence-electron chi connectivity index (χ4n) is 1.95. The van der Waals surface area contributed by atoms with Gasteiger partial charge in [-0.2, -0.15) is 5.10 Å². The molecule has 0 spiro atoms. The molecule has 2 heterocycles. The first kappa shape index (κ1) is 12.7. The van der Waals surface area contributed by atoms with E-state index in [1.54, 1.807) is 18.0 Å². The van der Waals surface area contributed by atoms with E-state index in [2.05, 4.69) is 21.9 Å². The molecule has 1 aromatic heterocycles. The number of hydrogen-bond donors (Lipinski definition) is 0. The summed E-state index contributed by atoms with van der Waals surface area (Å²) in [6, 6.07) is 0. The second-order valence-corrected chi connectivity index (χ2v) is 4.73. The third-order valence-electron chi connectivity index (χ3n) is 3.19. The summed E-state index contributed by atoms with van der Waals surface area (Å²) >= 11 is 6.11. The molecule has 96 valence electrons. The van der Waals surface area contributed by atoms with Crippen molar-refractivity contribution in [3.63, 3.8) is 0 Å². The Balaban J connectivity index is 1.83. The van der Waals surface area contributed by atoms with Crippen molar-refractivity contribution in [2.75, 3.05) is 46.9 Å². The zero-order valence-corrected chi connectivity index (χ0v) is 11.2. The van der Waals surface area contributed by atoms with Gasteiger partial charge in [-0.3, -0.25) is 4.90 Å². The Kier molecular flexibility index (Phi) is 4.25. The van der Waals surface area contributed by atoms with Gasteiger partial charge >= 0.3 is 0 Å². The van der Waals surface area contributed by atoms with Crippen LogP contribution in [0.1, 0.15) is 0 Å². The van der Waals surface area contributed by atoms with Crippen molar-refractivity contribution in [2.24, 2.45) is 0 Å². The van der Waals surface area contributed by atoms with Crippen LogP contribution in [0.2, 0.25) is 5.15 Å². The number of rotatable bonds is 4. The van der Waals surface area contributed by atoms with Gasteiger partial charge < -0.3 is 9.64 Å². The number of aromatic nitrogens is 2. The lowest BCUT2D eigenvalue weighted by molar-refractivity contribution is 0.149. The first-order valence-electron chi connectivity index (χ1n) is 5.87. The monoisotopic (exact) mass is 258 g/mol. The molecule has 1 fully saturated rings. The minimum absolute atomic E-state index is 0.585. The van der Waals surface area contributed by atoms with Gasteiger partial charge in [-0.15, -0.1) is 0 Å². The molecule has 0 N–H and O–H groups in total. The van der Waals surface area contributed by atoms with Gasteiger partial charge in [0.25, 0.3) is 0 Å². The summed E-state index contributed by atoms with van der Waals surface area (Å²) in [5.74, 6) is 0.644. The molecule has 0 radical (unpaired) electrons. The van der Waals surface area contributed by atoms with Gasteiger partial charge in [0.1, 0.15) is 0 Å². The normalized spacial score (nSPS) is 18.5. The highest BCUT2D eigenvalue weighted by Gasteiger charge is 2.14. The maximum Gasteiger partial charge on any atom is 0.175 e. The summed E-state index contributed by atoms with van der Waals surface area (Å²) in [6.07, 6.45) is 1.66. The molecule has 1 saturated heterocycles. The van der Waals surface area contributed by atoms with Crippen LogP contribution >= 0.6 is 11.6 Å². The van der Waals surface area contributed by atoms with E-state index in [0.29, 0.717) is 10.9 Å². The fourth-order valence-corrected chi connectivity index (χ4v) is 2.21. The number of nitrogens with zero attached hydrogens (tertiary/aromatic N) is 4. The predicted octanol–water partition coefficient (Wildman–Crippen LogP) is 0.792. The maximum absolute atomic E-state index is 6.11. The highest BCUT2D eigenvalue weighted by Crippen LogP contribution is 2.22. The molecule has 2 rings (SSSR count). The molecule has 0 aliphatic carbocycles. The van der Waals surface area contributed by atoms with Gasteiger partial charge in [0.15, 0.2) is 10.9 Å². The second kappa shape index (κ2) is 5.71. The Bertz CT molecular complexity index is 360. The lowest BCUT2D eigenvalue weighted by Gasteiger charge is -2.32. The van der Waals surface area contributed by atoms with Gasteiger partial charge in [0.2, 0.25) is 0 Å². The molecule has 1 aliphatic heterocycles. The SMILES string of the molecule is COc1cnn(CCN2CCN(C)CC2)c1Cl. The minimum atomic E-state index is 0.585. The molecule has 0 amide bonds. The summed E-state index contributed by atoms with van der Waals surface area (Å²) in [5.41, 5.74) is 0. The second-order valence-electron chi connectivity index (χ2n) is 4.37. The zero-order chi connectivity index (χ0) is 12.3. The Morgan fingerprint density at radius 3 is 2.59 bits per heavy atom. The molecule has 6 heteroatoms. The topological polar surface area (TPSA) is 33.5 Å². The number of ether oxygens (including phenoxy) is 1. The van der Waals surface area contributed by atoms with Gasteiger partial charge in [-0.05, 0) is 7.05 Å². The third-order valence-corrected chi connectivity index (χ3v) is 3.57. The van der Waals surface area contributed by atoms with Gasteiger partial charge in [0, 0.05) is 32.7 Å². The number of piperazine rings is 1. The molecule has 1 aromatic rings. The summed E-state index contributed by atoms with van der Waals surface area (Å²) in [4.78, 5) is 4.78. The molecule has 0 unspecified atom stereocenters. The van der Waals surface area contributed by atoms with E-state index >= 15 is 0 Å². The van der Waals surface area contributed by atoms with Crippen molar-refractivity contribution in [3.8, 4) is 5.75 Å². The summed E-state index contributed by atoms with van der Waals surface area (Å²) in [7, 11) is 3.76. The van der Waals surface area contributed by atoms with Crippen LogP contribution < -0.4 is 4.74 Å². The highest BCUT2D eigenvalue weighted by molar-refractivity contribution is 6.31. The third kappa shape index (κ3) is 3.12. The first-order chi connectivity index (χ1) is 8.20. The molecule has 0 saturated carbocycles. The number of hydrogen-bond acceptors (Lipinski definition) is 4. The van der Waals surface area contributed by atoms with Crippen molar-refractivity contribution in [2.45, 2.75) is 6.54 Å². The molecular weight excluding hydrogens is 240 g/mol. The van der Waals surface area contributed by atoms with Crippen LogP contribution in [0.4, 0.5) is 0 Å². The van der Waals surface area contributed by atoms with Crippen LogP contribution in [0.3, 0.4) is 0 Å². The predicted molar refractivity (Wildman–Crippen MR) is 67.7 cm³/mol. The molecule has 17 heavy (non-hydrogen) atoms. The average molecular weight is 259 g/mol. The van der Waals surface area contributed by atoms with Crippen molar-refractivity contribution in [1.82, 2.24) is 19.6 Å². The maximum atomic E-state index is 6.11. The Morgan fingerprint density at radius 2 is 2.00 bits per heavy atom. The summed E-state index contributed by atoms with van der Waals surface area (Å²) in [5, 5.41) is 4.79. The number of methoxy groups -OCH3 is 1. The van der Waals surface area contributed by atoms with Crippen LogP contribution in [-0.4, -0.2) is 66.5 Å². The van der Waals surface area contributed by atoms with Crippen LogP contribution in [0.15, 0.2) is 6.20 Å². The van der Waals surface area contributed by atoms with Gasteiger partial charge in [0.05, 0.1) is 19.9 Å². The van der Waals surface area contributed by atoms with Crippen LogP contribution in [0, 0.1) is 0 Å². The first-order valence-corrected chi connectivity index (χ1v) is 6.24. The molecule has 5 nitrogen and oxygen atoms in total. The minimum Gasteiger partial charge on any atom is -0.492 e. The Morgan fingerprint density at radius 1 is 1.29 bits per heavy atom. The van der Waals surface area contributed by atoms with Crippen molar-refractivity contribution in [1.29, 1.82) is 0 Å². The Labute approximate surface area is 107 Å². The van der Waals surface area contributed by atoms with Crippen LogP contribution in [0.5, 0.6) is 5.75 Å². The van der Waals surface area contributed by atoms with Crippen molar-refractivity contribution >= 4 is 11.6 Å². The van der Waals surface area contributed by atoms with Gasteiger partial charge in [-0.25, -0.2) is 4.68 Å². The lowest BCUT2D eigenvalue weighted by atomic mass is 10.3. The largest absolute Gasteiger partial charge is 0.492 e. The van der Waals surface area contributed by atoms with Crippen molar-refractivity contribution in [3.05, 3.63) is 11.3 Å². The van der Waals surface area contributed by atoms with E-state index in [1.165, 1.54) is 0 Å². The van der Waals surface area contributed by atoms with Crippen LogP contribution in [-0.2, 0) is 6.54 Å². The molecule has 0 aromatic carbocycles. The highest BCUT2D eigenvalue weighted by atomic mass is 35.5. The van der Waals surface area contributed by atoms with E-state index in [4.69, 9.17) is 16.3 Å². The van der Waals surface area contributed by atoms with Gasteiger partial charge in [-0.1, -0.05) is 11.6 Å². The van der Waals surface area contributed by atoms with E-state index < -0.39 is 0 Å². The number of halogens is 1. The van der Waals surface area contributed by atoms with E-state index in [9.17, 15) is 0 Å². The van der Waals surface area contributed by atoms with E-state index in [-0.39, 0.29) is 0 Å². The Hall–Kier alpha value is -0.780. The van der Waals surface area contributed by atoms with E-state index in [0.717, 1.165) is 39.3 Å². The number of likely N-dealkylation sites (N-methyl/N-ethyl adjacent to an activating group) is 1. The smallest absolute Gasteiger partial charge is 0.175 e. The average Bonchev–Trinajstić information content (AvgIpc) is 2.69. The fraction of sp³-hybridized carbons (Fsp3) is 0.727. The molecular formula is C11H19ClN4O. The van der Waals surface area contributed by atoms with Crippen LogP contribution in [0.25, 0.3) is 0 Å². The zero-order valence-electron chi connectivity index (χ0n) is 10.4. The quantitative estimate of drug-likeness (QED) is 0.800.